The van der Waals surface area contributed by atoms with Gasteiger partial charge >= 0.3 is 0 Å². The van der Waals surface area contributed by atoms with Crippen molar-refractivity contribution in [3.05, 3.63) is 92.9 Å². The van der Waals surface area contributed by atoms with Gasteiger partial charge in [-0.15, -0.1) is 0 Å². The number of anilines is 1. The number of methoxy groups -OCH3 is 1. The Labute approximate surface area is 205 Å². The van der Waals surface area contributed by atoms with Gasteiger partial charge in [-0.25, -0.2) is 4.98 Å². The van der Waals surface area contributed by atoms with E-state index >= 15 is 0 Å². The number of ether oxygens (including phenoxy) is 1. The minimum atomic E-state index is -0.229. The van der Waals surface area contributed by atoms with Crippen molar-refractivity contribution in [1.29, 1.82) is 0 Å². The summed E-state index contributed by atoms with van der Waals surface area (Å²) in [5, 5.41) is 0.490. The number of aromatic nitrogens is 2. The van der Waals surface area contributed by atoms with Crippen LogP contribution in [0.15, 0.2) is 76.0 Å². The largest absolute Gasteiger partial charge is 0.495 e. The van der Waals surface area contributed by atoms with Crippen LogP contribution in [0.4, 0.5) is 5.69 Å². The van der Waals surface area contributed by atoms with Crippen molar-refractivity contribution in [3.8, 4) is 11.4 Å². The van der Waals surface area contributed by atoms with Crippen molar-refractivity contribution in [2.24, 2.45) is 0 Å². The van der Waals surface area contributed by atoms with Crippen LogP contribution in [0.25, 0.3) is 28.2 Å². The zero-order chi connectivity index (χ0) is 23.8. The van der Waals surface area contributed by atoms with Crippen LogP contribution < -0.4 is 15.2 Å². The molecule has 0 unspecified atom stereocenters. The molecule has 0 bridgehead atoms. The first kappa shape index (κ1) is 22.1. The molecule has 0 saturated heterocycles. The molecule has 5 rings (SSSR count). The standard InChI is InChI=1S/C27H22BrN3O3/c1-3-14-30-22-13-12-17(28)15-19(22)20(26(30)32)16-25-29-21-9-5-4-8-18(21)27(33)31(25)23-10-6-7-11-24(23)34-2/h4-13,15-16H,3,14H2,1-2H3. The highest BCUT2D eigenvalue weighted by Crippen LogP contribution is 2.39. The van der Waals surface area contributed by atoms with Crippen LogP contribution in [0.5, 0.6) is 5.75 Å². The summed E-state index contributed by atoms with van der Waals surface area (Å²) in [5.41, 5.74) is 3.05. The van der Waals surface area contributed by atoms with Crippen LogP contribution in [-0.4, -0.2) is 29.1 Å². The fourth-order valence-electron chi connectivity index (χ4n) is 4.34. The number of nitrogens with zero attached hydrogens (tertiary/aromatic N) is 3. The molecule has 0 saturated carbocycles. The first-order chi connectivity index (χ1) is 16.5. The van der Waals surface area contributed by atoms with E-state index in [0.717, 1.165) is 22.1 Å². The Morgan fingerprint density at radius 1 is 1.00 bits per heavy atom. The Balaban J connectivity index is 1.82. The summed E-state index contributed by atoms with van der Waals surface area (Å²) in [6, 6.07) is 20.3. The molecule has 34 heavy (non-hydrogen) atoms. The van der Waals surface area contributed by atoms with Gasteiger partial charge in [-0.2, -0.15) is 0 Å². The molecule has 3 aromatic carbocycles. The summed E-state index contributed by atoms with van der Waals surface area (Å²) in [7, 11) is 1.56. The van der Waals surface area contributed by atoms with E-state index in [1.54, 1.807) is 36.3 Å². The number of hydrogen-bond acceptors (Lipinski definition) is 4. The Hall–Kier alpha value is -3.71. The van der Waals surface area contributed by atoms with E-state index in [-0.39, 0.29) is 11.5 Å². The fraction of sp³-hybridized carbons (Fsp3) is 0.148. The van der Waals surface area contributed by atoms with E-state index in [2.05, 4.69) is 15.9 Å². The van der Waals surface area contributed by atoms with Gasteiger partial charge in [0.1, 0.15) is 11.6 Å². The number of carbonyl (C=O) groups is 1. The molecule has 1 aliphatic rings. The summed E-state index contributed by atoms with van der Waals surface area (Å²) in [4.78, 5) is 33.7. The summed E-state index contributed by atoms with van der Waals surface area (Å²) < 4.78 is 7.93. The van der Waals surface area contributed by atoms with Gasteiger partial charge in [0.25, 0.3) is 11.5 Å². The quantitative estimate of drug-likeness (QED) is 0.331. The molecule has 0 radical (unpaired) electrons. The van der Waals surface area contributed by atoms with Crippen molar-refractivity contribution < 1.29 is 9.53 Å². The van der Waals surface area contributed by atoms with Crippen molar-refractivity contribution in [3.63, 3.8) is 0 Å². The second-order valence-electron chi connectivity index (χ2n) is 7.98. The lowest BCUT2D eigenvalue weighted by atomic mass is 10.1. The number of halogens is 1. The number of hydrogen-bond donors (Lipinski definition) is 0. The number of benzene rings is 3. The molecular formula is C27H22BrN3O3. The highest BCUT2D eigenvalue weighted by atomic mass is 79.9. The fourth-order valence-corrected chi connectivity index (χ4v) is 4.70. The van der Waals surface area contributed by atoms with Crippen LogP contribution in [0.2, 0.25) is 0 Å². The van der Waals surface area contributed by atoms with Gasteiger partial charge < -0.3 is 9.64 Å². The van der Waals surface area contributed by atoms with Crippen molar-refractivity contribution in [1.82, 2.24) is 9.55 Å². The SMILES string of the molecule is CCCN1C(=O)C(=Cc2nc3ccccc3c(=O)n2-c2ccccc2OC)c2cc(Br)ccc21. The number of fused-ring (bicyclic) bond motifs is 2. The lowest BCUT2D eigenvalue weighted by Gasteiger charge is -2.16. The predicted molar refractivity (Wildman–Crippen MR) is 139 cm³/mol. The van der Waals surface area contributed by atoms with E-state index in [4.69, 9.17) is 9.72 Å². The first-order valence-electron chi connectivity index (χ1n) is 11.0. The number of carbonyl (C=O) groups excluding carboxylic acids is 1. The highest BCUT2D eigenvalue weighted by molar-refractivity contribution is 9.10. The number of amides is 1. The van der Waals surface area contributed by atoms with Crippen LogP contribution in [0.3, 0.4) is 0 Å². The third-order valence-corrected chi connectivity index (χ3v) is 6.36. The molecule has 0 atom stereocenters. The van der Waals surface area contributed by atoms with Crippen molar-refractivity contribution in [2.45, 2.75) is 13.3 Å². The zero-order valence-corrected chi connectivity index (χ0v) is 20.4. The lowest BCUT2D eigenvalue weighted by Crippen LogP contribution is -2.27. The summed E-state index contributed by atoms with van der Waals surface area (Å²) in [5.74, 6) is 0.791. The van der Waals surface area contributed by atoms with Gasteiger partial charge in [0.05, 0.1) is 35.0 Å². The molecule has 7 heteroatoms. The number of para-hydroxylation sites is 3. The lowest BCUT2D eigenvalue weighted by molar-refractivity contribution is -0.113. The maximum Gasteiger partial charge on any atom is 0.266 e. The van der Waals surface area contributed by atoms with Crippen LogP contribution in [-0.2, 0) is 4.79 Å². The smallest absolute Gasteiger partial charge is 0.266 e. The third kappa shape index (κ3) is 3.62. The highest BCUT2D eigenvalue weighted by Gasteiger charge is 2.32. The van der Waals surface area contributed by atoms with Gasteiger partial charge in [0.15, 0.2) is 0 Å². The Bertz CT molecular complexity index is 1520. The summed E-state index contributed by atoms with van der Waals surface area (Å²) >= 11 is 3.53. The van der Waals surface area contributed by atoms with Crippen LogP contribution in [0, 0.1) is 0 Å². The van der Waals surface area contributed by atoms with Gasteiger partial charge in [-0.1, -0.05) is 47.1 Å². The van der Waals surface area contributed by atoms with Gasteiger partial charge in [-0.05, 0) is 55.0 Å². The topological polar surface area (TPSA) is 64.4 Å². The molecule has 0 aliphatic carbocycles. The third-order valence-electron chi connectivity index (χ3n) is 5.86. The zero-order valence-electron chi connectivity index (χ0n) is 18.8. The Morgan fingerprint density at radius 2 is 1.76 bits per heavy atom. The molecule has 170 valence electrons. The normalized spacial score (nSPS) is 14.1. The minimum Gasteiger partial charge on any atom is -0.495 e. The van der Waals surface area contributed by atoms with E-state index in [9.17, 15) is 9.59 Å². The molecular weight excluding hydrogens is 494 g/mol. The molecule has 6 nitrogen and oxygen atoms in total. The van der Waals surface area contributed by atoms with Gasteiger partial charge in [0.2, 0.25) is 0 Å². The van der Waals surface area contributed by atoms with Crippen molar-refractivity contribution >= 4 is 50.1 Å². The van der Waals surface area contributed by atoms with Gasteiger partial charge in [0, 0.05) is 16.6 Å². The molecule has 0 spiro atoms. The molecule has 1 amide bonds. The molecule has 2 heterocycles. The summed E-state index contributed by atoms with van der Waals surface area (Å²) in [6.07, 6.45) is 2.54. The predicted octanol–water partition coefficient (Wildman–Crippen LogP) is 5.45. The Morgan fingerprint density at radius 3 is 2.56 bits per heavy atom. The van der Waals surface area contributed by atoms with Crippen LogP contribution in [0.1, 0.15) is 24.7 Å². The second-order valence-corrected chi connectivity index (χ2v) is 8.89. The minimum absolute atomic E-state index is 0.107. The van der Waals surface area contributed by atoms with E-state index in [0.29, 0.717) is 40.3 Å². The maximum absolute atomic E-state index is 13.7. The average molecular weight is 516 g/mol. The average Bonchev–Trinajstić information content (AvgIpc) is 3.10. The molecule has 1 aliphatic heterocycles. The molecule has 0 fully saturated rings. The van der Waals surface area contributed by atoms with Crippen LogP contribution >= 0.6 is 15.9 Å². The van der Waals surface area contributed by atoms with E-state index < -0.39 is 0 Å². The number of rotatable bonds is 5. The second kappa shape index (κ2) is 8.91. The molecule has 1 aromatic heterocycles. The monoisotopic (exact) mass is 515 g/mol. The van der Waals surface area contributed by atoms with Crippen molar-refractivity contribution in [2.75, 3.05) is 18.6 Å². The van der Waals surface area contributed by atoms with E-state index in [1.807, 2.05) is 55.5 Å². The Kier molecular flexibility index (Phi) is 5.79. The first-order valence-corrected chi connectivity index (χ1v) is 11.8. The molecule has 0 N–H and O–H groups in total. The molecule has 4 aromatic rings. The van der Waals surface area contributed by atoms with E-state index in [1.165, 1.54) is 4.57 Å². The van der Waals surface area contributed by atoms with Gasteiger partial charge in [-0.3, -0.25) is 14.2 Å². The summed E-state index contributed by atoms with van der Waals surface area (Å²) in [6.45, 7) is 2.65. The maximum atomic E-state index is 13.7.